The topological polar surface area (TPSA) is 39.7 Å². The summed E-state index contributed by atoms with van der Waals surface area (Å²) in [5, 5.41) is 3.37. The predicted molar refractivity (Wildman–Crippen MR) is 95.8 cm³/mol. The largest absolute Gasteiger partial charge is 0.493 e. The van der Waals surface area contributed by atoms with Crippen molar-refractivity contribution in [3.05, 3.63) is 54.6 Å². The van der Waals surface area contributed by atoms with Gasteiger partial charge in [-0.1, -0.05) is 31.2 Å². The van der Waals surface area contributed by atoms with Gasteiger partial charge in [-0.15, -0.1) is 0 Å². The number of benzene rings is 2. The van der Waals surface area contributed by atoms with Gasteiger partial charge in [0.1, 0.15) is 5.75 Å². The highest BCUT2D eigenvalue weighted by molar-refractivity contribution is 5.60. The van der Waals surface area contributed by atoms with Crippen LogP contribution < -0.4 is 10.1 Å². The number of ether oxygens (including phenoxy) is 3. The molecule has 2 aromatic rings. The van der Waals surface area contributed by atoms with Crippen LogP contribution in [0.4, 0.5) is 11.4 Å². The lowest BCUT2D eigenvalue weighted by molar-refractivity contribution is -0.285. The Kier molecular flexibility index (Phi) is 4.78. The molecule has 1 heterocycles. The van der Waals surface area contributed by atoms with Crippen LogP contribution in [0.5, 0.6) is 5.75 Å². The van der Waals surface area contributed by atoms with Crippen molar-refractivity contribution in [2.24, 2.45) is 5.41 Å². The summed E-state index contributed by atoms with van der Waals surface area (Å²) in [6, 6.07) is 18.1. The van der Waals surface area contributed by atoms with Crippen molar-refractivity contribution in [3.8, 4) is 5.75 Å². The quantitative estimate of drug-likeness (QED) is 0.871. The summed E-state index contributed by atoms with van der Waals surface area (Å²) >= 11 is 0. The van der Waals surface area contributed by atoms with Gasteiger partial charge in [0.05, 0.1) is 19.8 Å². The zero-order valence-corrected chi connectivity index (χ0v) is 14.5. The number of rotatable bonds is 5. The minimum absolute atomic E-state index is 0.140. The molecule has 1 saturated heterocycles. The molecule has 1 aliphatic rings. The summed E-state index contributed by atoms with van der Waals surface area (Å²) in [7, 11) is 0. The molecule has 0 amide bonds. The molecule has 0 saturated carbocycles. The Morgan fingerprint density at radius 2 is 1.58 bits per heavy atom. The van der Waals surface area contributed by atoms with Gasteiger partial charge in [-0.05, 0) is 38.1 Å². The van der Waals surface area contributed by atoms with Crippen LogP contribution in [-0.4, -0.2) is 25.6 Å². The summed E-state index contributed by atoms with van der Waals surface area (Å²) in [5.41, 5.74) is 1.91. The maximum Gasteiger partial charge on any atom is 0.162 e. The van der Waals surface area contributed by atoms with Gasteiger partial charge in [0.2, 0.25) is 0 Å². The predicted octanol–water partition coefficient (Wildman–Crippen LogP) is 4.60. The van der Waals surface area contributed by atoms with Gasteiger partial charge in [-0.3, -0.25) is 0 Å². The van der Waals surface area contributed by atoms with Gasteiger partial charge < -0.3 is 19.5 Å². The third-order valence-electron chi connectivity index (χ3n) is 4.02. The fraction of sp³-hybridized carbons (Fsp3) is 0.400. The molecule has 0 spiro atoms. The number of para-hydroxylation sites is 1. The molecule has 0 unspecified atom stereocenters. The highest BCUT2D eigenvalue weighted by atomic mass is 16.7. The normalized spacial score (nSPS) is 18.8. The highest BCUT2D eigenvalue weighted by Gasteiger charge is 2.37. The SMILES string of the molecule is CC1(COc2cccc(Nc3ccccc3)c2)COC(C)(C)OC1. The zero-order valence-electron chi connectivity index (χ0n) is 14.5. The van der Waals surface area contributed by atoms with E-state index in [0.717, 1.165) is 17.1 Å². The first-order chi connectivity index (χ1) is 11.4. The molecule has 0 bridgehead atoms. The maximum atomic E-state index is 6.00. The highest BCUT2D eigenvalue weighted by Crippen LogP contribution is 2.30. The van der Waals surface area contributed by atoms with E-state index >= 15 is 0 Å². The van der Waals surface area contributed by atoms with E-state index in [0.29, 0.717) is 19.8 Å². The third kappa shape index (κ3) is 4.49. The molecule has 1 N–H and O–H groups in total. The summed E-state index contributed by atoms with van der Waals surface area (Å²) in [5.74, 6) is 0.334. The molecule has 3 rings (SSSR count). The van der Waals surface area contributed by atoms with E-state index in [1.165, 1.54) is 0 Å². The van der Waals surface area contributed by atoms with E-state index in [4.69, 9.17) is 14.2 Å². The number of nitrogens with one attached hydrogen (secondary N) is 1. The van der Waals surface area contributed by atoms with Crippen LogP contribution in [0.15, 0.2) is 54.6 Å². The molecule has 4 heteroatoms. The molecule has 1 aliphatic heterocycles. The van der Waals surface area contributed by atoms with Gasteiger partial charge in [0.25, 0.3) is 0 Å². The van der Waals surface area contributed by atoms with Crippen molar-refractivity contribution in [1.29, 1.82) is 0 Å². The average molecular weight is 327 g/mol. The Balaban J connectivity index is 1.59. The van der Waals surface area contributed by atoms with Crippen LogP contribution >= 0.6 is 0 Å². The lowest BCUT2D eigenvalue weighted by Gasteiger charge is -2.41. The number of anilines is 2. The minimum Gasteiger partial charge on any atom is -0.493 e. The standard InChI is InChI=1S/C20H25NO3/c1-19(2)23-14-20(3,15-24-19)13-22-18-11-7-10-17(12-18)21-16-8-5-4-6-9-16/h4-12,21H,13-15H2,1-3H3. The van der Waals surface area contributed by atoms with Crippen LogP contribution in [0.3, 0.4) is 0 Å². The van der Waals surface area contributed by atoms with Crippen molar-refractivity contribution in [3.63, 3.8) is 0 Å². The molecular weight excluding hydrogens is 302 g/mol. The van der Waals surface area contributed by atoms with Gasteiger partial charge in [-0.2, -0.15) is 0 Å². The summed E-state index contributed by atoms with van der Waals surface area (Å²) in [6.07, 6.45) is 0. The molecule has 0 radical (unpaired) electrons. The number of hydrogen-bond donors (Lipinski definition) is 1. The van der Waals surface area contributed by atoms with Crippen molar-refractivity contribution < 1.29 is 14.2 Å². The Labute approximate surface area is 143 Å². The second kappa shape index (κ2) is 6.83. The summed E-state index contributed by atoms with van der Waals surface area (Å²) in [6.45, 7) is 7.80. The van der Waals surface area contributed by atoms with Crippen molar-refractivity contribution in [2.75, 3.05) is 25.1 Å². The Bertz CT molecular complexity index is 660. The molecule has 1 fully saturated rings. The van der Waals surface area contributed by atoms with Crippen LogP contribution in [0.2, 0.25) is 0 Å². The Hall–Kier alpha value is -2.04. The van der Waals surface area contributed by atoms with E-state index in [9.17, 15) is 0 Å². The lowest BCUT2D eigenvalue weighted by Crippen LogP contribution is -2.47. The van der Waals surface area contributed by atoms with E-state index in [2.05, 4.69) is 12.2 Å². The molecule has 0 aliphatic carbocycles. The van der Waals surface area contributed by atoms with E-state index in [1.54, 1.807) is 0 Å². The van der Waals surface area contributed by atoms with E-state index < -0.39 is 5.79 Å². The Morgan fingerprint density at radius 3 is 2.29 bits per heavy atom. The summed E-state index contributed by atoms with van der Waals surface area (Å²) in [4.78, 5) is 0. The first-order valence-corrected chi connectivity index (χ1v) is 8.27. The van der Waals surface area contributed by atoms with E-state index in [1.807, 2.05) is 68.4 Å². The minimum atomic E-state index is -0.501. The van der Waals surface area contributed by atoms with Gasteiger partial charge in [0.15, 0.2) is 5.79 Å². The molecule has 2 aromatic carbocycles. The molecular formula is C20H25NO3. The second-order valence-corrected chi connectivity index (χ2v) is 7.10. The van der Waals surface area contributed by atoms with Crippen molar-refractivity contribution >= 4 is 11.4 Å². The third-order valence-corrected chi connectivity index (χ3v) is 4.02. The first-order valence-electron chi connectivity index (χ1n) is 8.27. The van der Waals surface area contributed by atoms with Crippen LogP contribution in [0.25, 0.3) is 0 Å². The average Bonchev–Trinajstić information content (AvgIpc) is 2.58. The maximum absolute atomic E-state index is 6.00. The molecule has 4 nitrogen and oxygen atoms in total. The molecule has 24 heavy (non-hydrogen) atoms. The van der Waals surface area contributed by atoms with Crippen molar-refractivity contribution in [1.82, 2.24) is 0 Å². The van der Waals surface area contributed by atoms with Crippen LogP contribution in [-0.2, 0) is 9.47 Å². The van der Waals surface area contributed by atoms with Gasteiger partial charge >= 0.3 is 0 Å². The van der Waals surface area contributed by atoms with Crippen molar-refractivity contribution in [2.45, 2.75) is 26.6 Å². The fourth-order valence-electron chi connectivity index (χ4n) is 2.47. The van der Waals surface area contributed by atoms with Crippen LogP contribution in [0, 0.1) is 5.41 Å². The molecule has 0 aromatic heterocycles. The Morgan fingerprint density at radius 1 is 0.917 bits per heavy atom. The number of hydrogen-bond acceptors (Lipinski definition) is 4. The summed E-state index contributed by atoms with van der Waals surface area (Å²) < 4.78 is 17.5. The lowest BCUT2D eigenvalue weighted by atomic mass is 9.93. The van der Waals surface area contributed by atoms with Crippen LogP contribution in [0.1, 0.15) is 20.8 Å². The second-order valence-electron chi connectivity index (χ2n) is 7.10. The zero-order chi connectivity index (χ0) is 17.0. The monoisotopic (exact) mass is 327 g/mol. The smallest absolute Gasteiger partial charge is 0.162 e. The molecule has 0 atom stereocenters. The van der Waals surface area contributed by atoms with Gasteiger partial charge in [-0.25, -0.2) is 0 Å². The first kappa shape index (κ1) is 16.8. The molecule has 128 valence electrons. The fourth-order valence-corrected chi connectivity index (χ4v) is 2.47. The van der Waals surface area contributed by atoms with Gasteiger partial charge in [0, 0.05) is 22.9 Å². The van der Waals surface area contributed by atoms with E-state index in [-0.39, 0.29) is 5.41 Å².